The molecule has 0 aromatic carbocycles. The minimum Gasteiger partial charge on any atom is -0.480 e. The van der Waals surface area contributed by atoms with Gasteiger partial charge in [-0.05, 0) is 26.3 Å². The smallest absolute Gasteiger partial charge is 0.322 e. The molecule has 0 unspecified atom stereocenters. The lowest BCUT2D eigenvalue weighted by Gasteiger charge is -2.36. The van der Waals surface area contributed by atoms with Crippen molar-refractivity contribution in [3.05, 3.63) is 17.0 Å². The molecule has 1 aromatic rings. The Labute approximate surface area is 116 Å². The summed E-state index contributed by atoms with van der Waals surface area (Å²) in [6, 6.07) is -0.639. The van der Waals surface area contributed by atoms with Crippen molar-refractivity contribution in [3.8, 4) is 0 Å². The van der Waals surface area contributed by atoms with E-state index in [1.54, 1.807) is 16.8 Å². The number of hydrogen-bond acceptors (Lipinski definition) is 4. The van der Waals surface area contributed by atoms with Crippen molar-refractivity contribution in [2.75, 3.05) is 26.7 Å². The van der Waals surface area contributed by atoms with E-state index in [4.69, 9.17) is 0 Å². The molecule has 1 saturated heterocycles. The Morgan fingerprint density at radius 3 is 2.90 bits per heavy atom. The molecule has 0 saturated carbocycles. The zero-order chi connectivity index (χ0) is 14.3. The quantitative estimate of drug-likeness (QED) is 0.778. The first-order valence-corrected chi connectivity index (χ1v) is 6.86. The van der Waals surface area contributed by atoms with Gasteiger partial charge in [0.1, 0.15) is 6.04 Å². The van der Waals surface area contributed by atoms with Crippen LogP contribution in [0.25, 0.3) is 0 Å². The highest BCUT2D eigenvalue weighted by molar-refractivity contribution is 5.94. The number of aromatic nitrogens is 2. The summed E-state index contributed by atoms with van der Waals surface area (Å²) in [5, 5.41) is 16.2. The molecule has 7 nitrogen and oxygen atoms in total. The number of carboxylic acids is 1. The Kier molecular flexibility index (Phi) is 3.21. The van der Waals surface area contributed by atoms with Crippen LogP contribution in [0.15, 0.2) is 0 Å². The molecular formula is C13H18N4O3. The fourth-order valence-electron chi connectivity index (χ4n) is 2.97. The maximum atomic E-state index is 12.5. The zero-order valence-electron chi connectivity index (χ0n) is 11.4. The summed E-state index contributed by atoms with van der Waals surface area (Å²) < 4.78 is 0. The number of aliphatic carboxylic acids is 1. The first-order valence-electron chi connectivity index (χ1n) is 6.86. The van der Waals surface area contributed by atoms with Crippen molar-refractivity contribution < 1.29 is 14.7 Å². The van der Waals surface area contributed by atoms with Crippen molar-refractivity contribution in [2.45, 2.75) is 25.3 Å². The van der Waals surface area contributed by atoms with E-state index in [9.17, 15) is 14.7 Å². The number of nitrogens with zero attached hydrogens (tertiary/aromatic N) is 3. The molecule has 2 aliphatic rings. The lowest BCUT2D eigenvalue weighted by Crippen LogP contribution is -2.56. The van der Waals surface area contributed by atoms with Gasteiger partial charge >= 0.3 is 5.97 Å². The van der Waals surface area contributed by atoms with Gasteiger partial charge in [-0.25, -0.2) is 0 Å². The number of H-pyrrole nitrogens is 1. The van der Waals surface area contributed by atoms with Crippen molar-refractivity contribution in [1.29, 1.82) is 0 Å². The van der Waals surface area contributed by atoms with Crippen LogP contribution in [0.4, 0.5) is 0 Å². The van der Waals surface area contributed by atoms with Crippen LogP contribution in [0, 0.1) is 0 Å². The summed E-state index contributed by atoms with van der Waals surface area (Å²) in [7, 11) is 1.77. The van der Waals surface area contributed by atoms with Gasteiger partial charge in [-0.2, -0.15) is 5.10 Å². The van der Waals surface area contributed by atoms with Crippen LogP contribution in [0.2, 0.25) is 0 Å². The number of hydrogen-bond donors (Lipinski definition) is 2. The highest BCUT2D eigenvalue weighted by Gasteiger charge is 2.34. The molecule has 1 aliphatic heterocycles. The molecule has 108 valence electrons. The summed E-state index contributed by atoms with van der Waals surface area (Å²) in [6.45, 7) is 1.32. The van der Waals surface area contributed by atoms with Gasteiger partial charge in [0.05, 0.1) is 0 Å². The monoisotopic (exact) mass is 278 g/mol. The molecule has 2 N–H and O–H groups in total. The van der Waals surface area contributed by atoms with Gasteiger partial charge in [-0.15, -0.1) is 0 Å². The molecule has 0 radical (unpaired) electrons. The van der Waals surface area contributed by atoms with Gasteiger partial charge in [0.15, 0.2) is 5.69 Å². The molecule has 7 heteroatoms. The predicted molar refractivity (Wildman–Crippen MR) is 70.6 cm³/mol. The molecule has 2 heterocycles. The summed E-state index contributed by atoms with van der Waals surface area (Å²) >= 11 is 0. The highest BCUT2D eigenvalue weighted by Crippen LogP contribution is 2.24. The number of carbonyl (C=O) groups is 2. The van der Waals surface area contributed by atoms with Crippen molar-refractivity contribution in [3.63, 3.8) is 0 Å². The number of likely N-dealkylation sites (N-methyl/N-ethyl adjacent to an activating group) is 1. The van der Waals surface area contributed by atoms with Gasteiger partial charge in [0.2, 0.25) is 0 Å². The van der Waals surface area contributed by atoms with Crippen molar-refractivity contribution >= 4 is 11.9 Å². The van der Waals surface area contributed by atoms with E-state index >= 15 is 0 Å². The molecule has 3 rings (SSSR count). The summed E-state index contributed by atoms with van der Waals surface area (Å²) in [6.07, 6.45) is 2.86. The Morgan fingerprint density at radius 2 is 2.15 bits per heavy atom. The van der Waals surface area contributed by atoms with Crippen molar-refractivity contribution in [1.82, 2.24) is 20.0 Å². The Morgan fingerprint density at radius 1 is 1.35 bits per heavy atom. The average molecular weight is 278 g/mol. The summed E-state index contributed by atoms with van der Waals surface area (Å²) in [5.74, 6) is -1.04. The lowest BCUT2D eigenvalue weighted by atomic mass is 10.1. The SMILES string of the molecule is CN1CCN(C(=O)c2n[nH]c3c2CCC3)C[C@H]1C(=O)O. The van der Waals surface area contributed by atoms with Gasteiger partial charge in [0, 0.05) is 30.9 Å². The fraction of sp³-hybridized carbons (Fsp3) is 0.615. The van der Waals surface area contributed by atoms with Crippen LogP contribution in [0.1, 0.15) is 28.2 Å². The number of piperazine rings is 1. The van der Waals surface area contributed by atoms with Crippen LogP contribution < -0.4 is 0 Å². The number of nitrogens with one attached hydrogen (secondary N) is 1. The number of amides is 1. The zero-order valence-corrected chi connectivity index (χ0v) is 11.4. The topological polar surface area (TPSA) is 89.5 Å². The number of aromatic amines is 1. The minimum absolute atomic E-state index is 0.149. The van der Waals surface area contributed by atoms with E-state index in [0.717, 1.165) is 30.5 Å². The normalized spacial score (nSPS) is 22.9. The van der Waals surface area contributed by atoms with E-state index in [0.29, 0.717) is 18.8 Å². The summed E-state index contributed by atoms with van der Waals surface area (Å²) in [5.41, 5.74) is 2.55. The van der Waals surface area contributed by atoms with E-state index in [1.165, 1.54) is 0 Å². The first-order chi connectivity index (χ1) is 9.58. The molecule has 20 heavy (non-hydrogen) atoms. The lowest BCUT2D eigenvalue weighted by molar-refractivity contribution is -0.144. The van der Waals surface area contributed by atoms with Crippen LogP contribution in [0.5, 0.6) is 0 Å². The number of rotatable bonds is 2. The standard InChI is InChI=1S/C13H18N4O3/c1-16-5-6-17(7-10(16)13(19)20)12(18)11-8-3-2-4-9(8)14-15-11/h10H,2-7H2,1H3,(H,14,15)(H,19,20)/t10-/m0/s1. The van der Waals surface area contributed by atoms with Crippen molar-refractivity contribution in [2.24, 2.45) is 0 Å². The third kappa shape index (κ3) is 2.07. The molecule has 1 amide bonds. The second-order valence-electron chi connectivity index (χ2n) is 5.47. The third-order valence-corrected chi connectivity index (χ3v) is 4.23. The van der Waals surface area contributed by atoms with E-state index in [1.807, 2.05) is 0 Å². The second-order valence-corrected chi connectivity index (χ2v) is 5.47. The second kappa shape index (κ2) is 4.90. The average Bonchev–Trinajstić information content (AvgIpc) is 3.00. The largest absolute Gasteiger partial charge is 0.480 e. The van der Waals surface area contributed by atoms with E-state index in [2.05, 4.69) is 10.2 Å². The maximum Gasteiger partial charge on any atom is 0.322 e. The van der Waals surface area contributed by atoms with Crippen LogP contribution in [0.3, 0.4) is 0 Å². The third-order valence-electron chi connectivity index (χ3n) is 4.23. The van der Waals surface area contributed by atoms with Crippen LogP contribution in [-0.4, -0.2) is 69.7 Å². The number of fused-ring (bicyclic) bond motifs is 1. The van der Waals surface area contributed by atoms with Crippen LogP contribution >= 0.6 is 0 Å². The molecular weight excluding hydrogens is 260 g/mol. The minimum atomic E-state index is -0.891. The molecule has 1 aliphatic carbocycles. The highest BCUT2D eigenvalue weighted by atomic mass is 16.4. The molecule has 0 spiro atoms. The molecule has 1 aromatic heterocycles. The molecule has 1 atom stereocenters. The number of carboxylic acid groups (broad SMARTS) is 1. The maximum absolute atomic E-state index is 12.5. The molecule has 0 bridgehead atoms. The van der Waals surface area contributed by atoms with Gasteiger partial charge in [-0.3, -0.25) is 19.6 Å². The van der Waals surface area contributed by atoms with Crippen LogP contribution in [-0.2, 0) is 17.6 Å². The van der Waals surface area contributed by atoms with Gasteiger partial charge in [-0.1, -0.05) is 0 Å². The first kappa shape index (κ1) is 13.1. The van der Waals surface area contributed by atoms with Gasteiger partial charge < -0.3 is 10.0 Å². The van der Waals surface area contributed by atoms with E-state index in [-0.39, 0.29) is 12.5 Å². The Hall–Kier alpha value is -1.89. The Bertz CT molecular complexity index is 554. The number of aryl methyl sites for hydroxylation is 1. The molecule has 1 fully saturated rings. The van der Waals surface area contributed by atoms with E-state index < -0.39 is 12.0 Å². The predicted octanol–water partition coefficient (Wildman–Crippen LogP) is -0.261. The summed E-state index contributed by atoms with van der Waals surface area (Å²) in [4.78, 5) is 27.1. The fourth-order valence-corrected chi connectivity index (χ4v) is 2.97. The van der Waals surface area contributed by atoms with Gasteiger partial charge in [0.25, 0.3) is 5.91 Å². The Balaban J connectivity index is 1.79. The number of carbonyl (C=O) groups excluding carboxylic acids is 1.